The van der Waals surface area contributed by atoms with Crippen LogP contribution < -0.4 is 0 Å². The van der Waals surface area contributed by atoms with Gasteiger partial charge in [-0.25, -0.2) is 9.78 Å². The van der Waals surface area contributed by atoms with Crippen molar-refractivity contribution in [1.82, 2.24) is 4.98 Å². The number of fused-ring (bicyclic) bond motifs is 1. The van der Waals surface area contributed by atoms with Gasteiger partial charge in [0, 0.05) is 10.9 Å². The number of hydrogen-bond donors (Lipinski definition) is 1. The van der Waals surface area contributed by atoms with E-state index in [-0.39, 0.29) is 10.6 Å². The van der Waals surface area contributed by atoms with Crippen LogP contribution in [0.5, 0.6) is 0 Å². The predicted molar refractivity (Wildman–Crippen MR) is 79.1 cm³/mol. The van der Waals surface area contributed by atoms with Gasteiger partial charge in [0.2, 0.25) is 0 Å². The Labute approximate surface area is 120 Å². The minimum absolute atomic E-state index is 0.0435. The molecule has 0 radical (unpaired) electrons. The molecule has 98 valence electrons. The molecule has 4 heteroatoms. The summed E-state index contributed by atoms with van der Waals surface area (Å²) in [5.41, 5.74) is 2.11. The molecule has 3 rings (SSSR count). The van der Waals surface area contributed by atoms with Gasteiger partial charge >= 0.3 is 5.97 Å². The van der Waals surface area contributed by atoms with Crippen molar-refractivity contribution in [1.29, 1.82) is 0 Å². The molecule has 0 aliphatic carbocycles. The number of benzene rings is 2. The summed E-state index contributed by atoms with van der Waals surface area (Å²) >= 11 is 5.98. The van der Waals surface area contributed by atoms with E-state index in [1.54, 1.807) is 12.1 Å². The fraction of sp³-hybridized carbons (Fsp3) is 0. The van der Waals surface area contributed by atoms with Gasteiger partial charge in [0.1, 0.15) is 5.56 Å². The Balaban J connectivity index is 2.30. The molecule has 1 N–H and O–H groups in total. The van der Waals surface area contributed by atoms with Crippen LogP contribution in [0.2, 0.25) is 5.02 Å². The Morgan fingerprint density at radius 3 is 2.40 bits per heavy atom. The van der Waals surface area contributed by atoms with Crippen molar-refractivity contribution < 1.29 is 9.90 Å². The van der Waals surface area contributed by atoms with Crippen molar-refractivity contribution in [2.75, 3.05) is 0 Å². The molecule has 0 aliphatic rings. The first-order chi connectivity index (χ1) is 9.66. The van der Waals surface area contributed by atoms with E-state index in [1.807, 2.05) is 42.5 Å². The molecule has 0 amide bonds. The zero-order chi connectivity index (χ0) is 14.1. The number of aromatic carboxylic acids is 1. The first kappa shape index (κ1) is 12.6. The smallest absolute Gasteiger partial charge is 0.339 e. The van der Waals surface area contributed by atoms with Crippen LogP contribution >= 0.6 is 11.6 Å². The Morgan fingerprint density at radius 2 is 1.70 bits per heavy atom. The van der Waals surface area contributed by atoms with E-state index in [4.69, 9.17) is 11.6 Å². The average Bonchev–Trinajstić information content (AvgIpc) is 2.47. The quantitative estimate of drug-likeness (QED) is 0.765. The van der Waals surface area contributed by atoms with Crippen LogP contribution in [-0.4, -0.2) is 16.1 Å². The zero-order valence-electron chi connectivity index (χ0n) is 10.4. The van der Waals surface area contributed by atoms with Gasteiger partial charge in [-0.1, -0.05) is 54.1 Å². The molecule has 1 heterocycles. The number of carboxylic acid groups (broad SMARTS) is 1. The molecule has 0 saturated carbocycles. The van der Waals surface area contributed by atoms with Crippen LogP contribution in [-0.2, 0) is 0 Å². The Morgan fingerprint density at radius 1 is 1.00 bits per heavy atom. The Hall–Kier alpha value is -2.39. The standard InChI is InChI=1S/C16H10ClNO2/c17-12-8-6-11-7-9-13(10-4-2-1-3-5-10)18-15(11)14(12)16(19)20/h1-9H,(H,19,20). The highest BCUT2D eigenvalue weighted by molar-refractivity contribution is 6.35. The van der Waals surface area contributed by atoms with E-state index in [0.717, 1.165) is 16.6 Å². The first-order valence-corrected chi connectivity index (χ1v) is 6.42. The second-order valence-corrected chi connectivity index (χ2v) is 4.77. The third-order valence-corrected chi connectivity index (χ3v) is 3.41. The molecule has 0 aliphatic heterocycles. The van der Waals surface area contributed by atoms with Crippen LogP contribution in [0, 0.1) is 0 Å². The van der Waals surface area contributed by atoms with Crippen LogP contribution in [0.25, 0.3) is 22.2 Å². The molecule has 3 nitrogen and oxygen atoms in total. The van der Waals surface area contributed by atoms with E-state index in [1.165, 1.54) is 0 Å². The lowest BCUT2D eigenvalue weighted by Crippen LogP contribution is -2.00. The van der Waals surface area contributed by atoms with E-state index in [2.05, 4.69) is 4.98 Å². The molecular formula is C16H10ClNO2. The molecule has 0 unspecified atom stereocenters. The molecule has 1 aromatic heterocycles. The second kappa shape index (κ2) is 4.94. The highest BCUT2D eigenvalue weighted by atomic mass is 35.5. The Kier molecular flexibility index (Phi) is 3.12. The SMILES string of the molecule is O=C(O)c1c(Cl)ccc2ccc(-c3ccccc3)nc12. The third-order valence-electron chi connectivity index (χ3n) is 3.09. The van der Waals surface area contributed by atoms with Gasteiger partial charge in [-0.15, -0.1) is 0 Å². The summed E-state index contributed by atoms with van der Waals surface area (Å²) in [4.78, 5) is 15.8. The van der Waals surface area contributed by atoms with Gasteiger partial charge in [0.25, 0.3) is 0 Å². The van der Waals surface area contributed by atoms with Crippen molar-refractivity contribution in [2.45, 2.75) is 0 Å². The monoisotopic (exact) mass is 283 g/mol. The summed E-state index contributed by atoms with van der Waals surface area (Å²) in [6, 6.07) is 16.7. The predicted octanol–water partition coefficient (Wildman–Crippen LogP) is 4.25. The van der Waals surface area contributed by atoms with E-state index in [0.29, 0.717) is 5.52 Å². The number of pyridine rings is 1. The third kappa shape index (κ3) is 2.12. The minimum atomic E-state index is -1.07. The fourth-order valence-corrected chi connectivity index (χ4v) is 2.37. The highest BCUT2D eigenvalue weighted by Crippen LogP contribution is 2.27. The van der Waals surface area contributed by atoms with Gasteiger partial charge in [0.15, 0.2) is 0 Å². The van der Waals surface area contributed by atoms with Gasteiger partial charge in [-0.05, 0) is 12.1 Å². The second-order valence-electron chi connectivity index (χ2n) is 4.36. The number of carbonyl (C=O) groups is 1. The first-order valence-electron chi connectivity index (χ1n) is 6.05. The molecule has 2 aromatic carbocycles. The topological polar surface area (TPSA) is 50.2 Å². The molecule has 20 heavy (non-hydrogen) atoms. The van der Waals surface area contributed by atoms with Gasteiger partial charge in [0.05, 0.1) is 16.2 Å². The average molecular weight is 284 g/mol. The molecule has 0 atom stereocenters. The lowest BCUT2D eigenvalue weighted by molar-refractivity contribution is 0.0699. The normalized spacial score (nSPS) is 10.7. The van der Waals surface area contributed by atoms with Crippen LogP contribution in [0.15, 0.2) is 54.6 Å². The van der Waals surface area contributed by atoms with Gasteiger partial charge in [-0.2, -0.15) is 0 Å². The summed E-state index contributed by atoms with van der Waals surface area (Å²) in [6.45, 7) is 0. The molecule has 0 saturated heterocycles. The lowest BCUT2D eigenvalue weighted by Gasteiger charge is -2.07. The number of carboxylic acids is 1. The molecule has 0 bridgehead atoms. The number of halogens is 1. The van der Waals surface area contributed by atoms with E-state index < -0.39 is 5.97 Å². The summed E-state index contributed by atoms with van der Waals surface area (Å²) in [7, 11) is 0. The molecule has 3 aromatic rings. The van der Waals surface area contributed by atoms with Crippen LogP contribution in [0.4, 0.5) is 0 Å². The maximum absolute atomic E-state index is 11.4. The van der Waals surface area contributed by atoms with Gasteiger partial charge < -0.3 is 5.11 Å². The van der Waals surface area contributed by atoms with Crippen molar-refractivity contribution >= 4 is 28.5 Å². The van der Waals surface area contributed by atoms with Crippen molar-refractivity contribution in [2.24, 2.45) is 0 Å². The zero-order valence-corrected chi connectivity index (χ0v) is 11.1. The molecule has 0 fully saturated rings. The number of rotatable bonds is 2. The summed E-state index contributed by atoms with van der Waals surface area (Å²) in [5, 5.41) is 10.3. The lowest BCUT2D eigenvalue weighted by atomic mass is 10.1. The fourth-order valence-electron chi connectivity index (χ4n) is 2.14. The maximum Gasteiger partial charge on any atom is 0.339 e. The minimum Gasteiger partial charge on any atom is -0.478 e. The van der Waals surface area contributed by atoms with Crippen molar-refractivity contribution in [3.63, 3.8) is 0 Å². The van der Waals surface area contributed by atoms with E-state index >= 15 is 0 Å². The Bertz CT molecular complexity index is 800. The molecular weight excluding hydrogens is 274 g/mol. The largest absolute Gasteiger partial charge is 0.478 e. The number of aromatic nitrogens is 1. The summed E-state index contributed by atoms with van der Waals surface area (Å²) in [5.74, 6) is -1.07. The number of hydrogen-bond acceptors (Lipinski definition) is 2. The van der Waals surface area contributed by atoms with Crippen molar-refractivity contribution in [3.8, 4) is 11.3 Å². The number of nitrogens with zero attached hydrogens (tertiary/aromatic N) is 1. The molecule has 0 spiro atoms. The van der Waals surface area contributed by atoms with Crippen LogP contribution in [0.3, 0.4) is 0 Å². The summed E-state index contributed by atoms with van der Waals surface area (Å²) < 4.78 is 0. The van der Waals surface area contributed by atoms with E-state index in [9.17, 15) is 9.90 Å². The van der Waals surface area contributed by atoms with Gasteiger partial charge in [-0.3, -0.25) is 0 Å². The van der Waals surface area contributed by atoms with Crippen molar-refractivity contribution in [3.05, 3.63) is 65.2 Å². The maximum atomic E-state index is 11.4. The summed E-state index contributed by atoms with van der Waals surface area (Å²) in [6.07, 6.45) is 0. The van der Waals surface area contributed by atoms with Crippen LogP contribution in [0.1, 0.15) is 10.4 Å². The highest BCUT2D eigenvalue weighted by Gasteiger charge is 2.15.